The molecule has 1 saturated carbocycles. The maximum Gasteiger partial charge on any atom is 0.227 e. The number of rotatable bonds is 7. The van der Waals surface area contributed by atoms with Crippen molar-refractivity contribution in [3.8, 4) is 5.75 Å². The number of nitrogens with zero attached hydrogens (tertiary/aromatic N) is 2. The van der Waals surface area contributed by atoms with Gasteiger partial charge in [0, 0.05) is 38.4 Å². The van der Waals surface area contributed by atoms with Crippen LogP contribution in [0.25, 0.3) is 11.0 Å². The monoisotopic (exact) mass is 409 g/mol. The second-order valence-electron chi connectivity index (χ2n) is 7.35. The fourth-order valence-electron chi connectivity index (χ4n) is 3.61. The van der Waals surface area contributed by atoms with Crippen LogP contribution in [-0.4, -0.2) is 55.3 Å². The number of hydrogen-bond acceptors (Lipinski definition) is 6. The Bertz CT molecular complexity index is 823. The molecule has 4 N–H and O–H groups in total. The number of hydrogen-bond donors (Lipinski definition) is 3. The van der Waals surface area contributed by atoms with Gasteiger partial charge in [-0.25, -0.2) is 4.98 Å². The van der Waals surface area contributed by atoms with Crippen LogP contribution in [0.2, 0.25) is 0 Å². The number of pyridine rings is 1. The van der Waals surface area contributed by atoms with Gasteiger partial charge in [0.25, 0.3) is 0 Å². The Morgan fingerprint density at radius 1 is 1.39 bits per heavy atom. The van der Waals surface area contributed by atoms with Crippen LogP contribution in [0, 0.1) is 5.92 Å². The first-order chi connectivity index (χ1) is 13.2. The van der Waals surface area contributed by atoms with E-state index in [1.54, 1.807) is 13.3 Å². The highest BCUT2D eigenvalue weighted by Gasteiger charge is 2.31. The first-order valence-corrected chi connectivity index (χ1v) is 9.60. The number of ether oxygens (including phenoxy) is 2. The molecule has 2 aromatic rings. The van der Waals surface area contributed by atoms with Crippen LogP contribution in [-0.2, 0) is 9.53 Å². The topological polar surface area (TPSA) is 106 Å². The third-order valence-electron chi connectivity index (χ3n) is 5.17. The lowest BCUT2D eigenvalue weighted by Crippen LogP contribution is -2.43. The zero-order chi connectivity index (χ0) is 18.8. The van der Waals surface area contributed by atoms with Crippen LogP contribution in [0.3, 0.4) is 0 Å². The number of aromatic nitrogens is 2. The van der Waals surface area contributed by atoms with Crippen LogP contribution in [0.1, 0.15) is 25.7 Å². The van der Waals surface area contributed by atoms with Crippen molar-refractivity contribution in [1.29, 1.82) is 0 Å². The van der Waals surface area contributed by atoms with E-state index in [1.807, 2.05) is 6.20 Å². The van der Waals surface area contributed by atoms with E-state index < -0.39 is 0 Å². The molecule has 0 radical (unpaired) electrons. The summed E-state index contributed by atoms with van der Waals surface area (Å²) in [6.45, 7) is 2.58. The summed E-state index contributed by atoms with van der Waals surface area (Å²) in [5, 5.41) is 3.95. The van der Waals surface area contributed by atoms with Gasteiger partial charge in [-0.05, 0) is 25.7 Å². The van der Waals surface area contributed by atoms with Gasteiger partial charge >= 0.3 is 0 Å². The molecule has 2 aromatic heterocycles. The van der Waals surface area contributed by atoms with Crippen molar-refractivity contribution in [2.24, 2.45) is 11.7 Å². The molecule has 1 aliphatic heterocycles. The molecule has 4 rings (SSSR count). The molecule has 28 heavy (non-hydrogen) atoms. The van der Waals surface area contributed by atoms with E-state index in [2.05, 4.69) is 20.2 Å². The molecule has 1 amide bonds. The highest BCUT2D eigenvalue weighted by molar-refractivity contribution is 6.08. The Kier molecular flexibility index (Phi) is 6.64. The van der Waals surface area contributed by atoms with Crippen LogP contribution < -0.4 is 20.7 Å². The molecule has 1 atom stereocenters. The maximum absolute atomic E-state index is 12.3. The van der Waals surface area contributed by atoms with Gasteiger partial charge in [-0.2, -0.15) is 0 Å². The molecule has 3 heterocycles. The first-order valence-electron chi connectivity index (χ1n) is 9.60. The minimum Gasteiger partial charge on any atom is -0.487 e. The summed E-state index contributed by atoms with van der Waals surface area (Å²) in [6.07, 6.45) is 7.51. The lowest BCUT2D eigenvalue weighted by Gasteiger charge is -2.34. The summed E-state index contributed by atoms with van der Waals surface area (Å²) in [7, 11) is 1.65. The van der Waals surface area contributed by atoms with Gasteiger partial charge in [0.05, 0.1) is 29.6 Å². The number of fused-ring (bicyclic) bond motifs is 1. The maximum atomic E-state index is 12.3. The van der Waals surface area contributed by atoms with Gasteiger partial charge in [0.2, 0.25) is 5.91 Å². The van der Waals surface area contributed by atoms with Crippen LogP contribution in [0.15, 0.2) is 12.4 Å². The standard InChI is InChI=1S/C19H27N5O3.ClH/c1-26-7-8-27-15-10-22-18-16(17(15)24-6-2-3-13(20)11-24)14(9-21-18)23-19(25)12-4-5-12;/h9-10,12-13H,2-8,11,20H2,1H3,(H,21,22)(H,23,25);1H/t13-;/m1./s1. The summed E-state index contributed by atoms with van der Waals surface area (Å²) < 4.78 is 11.1. The van der Waals surface area contributed by atoms with E-state index in [0.29, 0.717) is 19.0 Å². The van der Waals surface area contributed by atoms with E-state index in [1.165, 1.54) is 0 Å². The number of nitrogens with one attached hydrogen (secondary N) is 2. The summed E-state index contributed by atoms with van der Waals surface area (Å²) in [5.41, 5.74) is 8.65. The van der Waals surface area contributed by atoms with Crippen molar-refractivity contribution in [2.45, 2.75) is 31.7 Å². The number of aromatic amines is 1. The number of carbonyl (C=O) groups is 1. The number of piperidine rings is 1. The average molecular weight is 410 g/mol. The summed E-state index contributed by atoms with van der Waals surface area (Å²) >= 11 is 0. The Labute approximate surface area is 170 Å². The van der Waals surface area contributed by atoms with E-state index in [9.17, 15) is 4.79 Å². The molecule has 1 saturated heterocycles. The highest BCUT2D eigenvalue weighted by atomic mass is 35.5. The van der Waals surface area contributed by atoms with Gasteiger partial charge in [0.1, 0.15) is 12.3 Å². The Morgan fingerprint density at radius 2 is 2.21 bits per heavy atom. The van der Waals surface area contributed by atoms with E-state index >= 15 is 0 Å². The van der Waals surface area contributed by atoms with Crippen LogP contribution in [0.5, 0.6) is 5.75 Å². The van der Waals surface area contributed by atoms with E-state index in [4.69, 9.17) is 15.2 Å². The molecule has 154 valence electrons. The molecular weight excluding hydrogens is 382 g/mol. The summed E-state index contributed by atoms with van der Waals surface area (Å²) in [5.74, 6) is 0.897. The Hall–Kier alpha value is -2.03. The third-order valence-corrected chi connectivity index (χ3v) is 5.17. The molecule has 0 spiro atoms. The van der Waals surface area contributed by atoms with Crippen molar-refractivity contribution in [2.75, 3.05) is 43.6 Å². The predicted octanol–water partition coefficient (Wildman–Crippen LogP) is 2.29. The third kappa shape index (κ3) is 4.34. The minimum atomic E-state index is 0. The zero-order valence-corrected chi connectivity index (χ0v) is 16.9. The number of amides is 1. The molecular formula is C19H28ClN5O3. The van der Waals surface area contributed by atoms with Crippen molar-refractivity contribution < 1.29 is 14.3 Å². The second kappa shape index (κ2) is 8.98. The van der Waals surface area contributed by atoms with Crippen molar-refractivity contribution in [3.63, 3.8) is 0 Å². The average Bonchev–Trinajstić information content (AvgIpc) is 3.44. The van der Waals surface area contributed by atoms with Crippen molar-refractivity contribution >= 4 is 40.7 Å². The smallest absolute Gasteiger partial charge is 0.227 e. The Balaban J connectivity index is 0.00000225. The number of carbonyl (C=O) groups excluding carboxylic acids is 1. The first kappa shape index (κ1) is 20.7. The molecule has 0 unspecified atom stereocenters. The van der Waals surface area contributed by atoms with Crippen molar-refractivity contribution in [1.82, 2.24) is 9.97 Å². The van der Waals surface area contributed by atoms with Crippen LogP contribution in [0.4, 0.5) is 11.4 Å². The van der Waals surface area contributed by atoms with Gasteiger partial charge in [-0.1, -0.05) is 0 Å². The lowest BCUT2D eigenvalue weighted by atomic mass is 10.0. The van der Waals surface area contributed by atoms with Gasteiger partial charge in [-0.3, -0.25) is 4.79 Å². The minimum absolute atomic E-state index is 0. The number of methoxy groups -OCH3 is 1. The molecule has 2 aliphatic rings. The molecule has 9 heteroatoms. The SMILES string of the molecule is COCCOc1cnc2[nH]cc(NC(=O)C3CC3)c2c1N1CCC[C@@H](N)C1.Cl. The number of anilines is 2. The normalized spacial score (nSPS) is 19.4. The molecule has 0 bridgehead atoms. The zero-order valence-electron chi connectivity index (χ0n) is 16.1. The van der Waals surface area contributed by atoms with Gasteiger partial charge < -0.3 is 30.4 Å². The second-order valence-corrected chi connectivity index (χ2v) is 7.35. The largest absolute Gasteiger partial charge is 0.487 e. The van der Waals surface area contributed by atoms with Gasteiger partial charge in [-0.15, -0.1) is 12.4 Å². The predicted molar refractivity (Wildman–Crippen MR) is 111 cm³/mol. The summed E-state index contributed by atoms with van der Waals surface area (Å²) in [4.78, 5) is 22.2. The highest BCUT2D eigenvalue weighted by Crippen LogP contribution is 2.41. The number of halogens is 1. The molecule has 8 nitrogen and oxygen atoms in total. The summed E-state index contributed by atoms with van der Waals surface area (Å²) in [6, 6.07) is 0.122. The molecule has 0 aromatic carbocycles. The fourth-order valence-corrected chi connectivity index (χ4v) is 3.61. The van der Waals surface area contributed by atoms with E-state index in [0.717, 1.165) is 61.2 Å². The van der Waals surface area contributed by atoms with E-state index in [-0.39, 0.29) is 30.3 Å². The molecule has 1 aliphatic carbocycles. The lowest BCUT2D eigenvalue weighted by molar-refractivity contribution is -0.117. The van der Waals surface area contributed by atoms with Crippen molar-refractivity contribution in [3.05, 3.63) is 12.4 Å². The van der Waals surface area contributed by atoms with Gasteiger partial charge in [0.15, 0.2) is 5.75 Å². The number of H-pyrrole nitrogens is 1. The number of nitrogens with two attached hydrogens (primary N) is 1. The Morgan fingerprint density at radius 3 is 2.93 bits per heavy atom. The molecule has 2 fully saturated rings. The fraction of sp³-hybridized carbons (Fsp3) is 0.579. The quantitative estimate of drug-likeness (QED) is 0.606. The van der Waals surface area contributed by atoms with Crippen LogP contribution >= 0.6 is 12.4 Å².